The first kappa shape index (κ1) is 14.1. The van der Waals surface area contributed by atoms with Crippen LogP contribution in [-0.2, 0) is 11.0 Å². The molecule has 1 saturated carbocycles. The fourth-order valence-corrected chi connectivity index (χ4v) is 2.45. The van der Waals surface area contributed by atoms with Crippen molar-refractivity contribution in [2.75, 3.05) is 0 Å². The Balaban J connectivity index is 2.15. The number of carbonyl (C=O) groups excluding carboxylic acids is 1. The molecule has 2 nitrogen and oxygen atoms in total. The van der Waals surface area contributed by atoms with E-state index in [1.54, 1.807) is 0 Å². The lowest BCUT2D eigenvalue weighted by atomic mass is 9.81. The Morgan fingerprint density at radius 2 is 1.79 bits per heavy atom. The molecule has 1 aromatic rings. The average molecular weight is 272 g/mol. The minimum atomic E-state index is -4.38. The molecule has 104 valence electrons. The molecule has 0 aromatic heterocycles. The van der Waals surface area contributed by atoms with Gasteiger partial charge in [0, 0.05) is 12.3 Å². The van der Waals surface area contributed by atoms with Crippen molar-refractivity contribution in [2.45, 2.75) is 38.0 Å². The summed E-state index contributed by atoms with van der Waals surface area (Å²) in [7, 11) is 0. The van der Waals surface area contributed by atoms with Crippen LogP contribution in [0.15, 0.2) is 24.3 Å². The number of rotatable bonds is 2. The van der Waals surface area contributed by atoms with E-state index in [0.29, 0.717) is 18.4 Å². The topological polar surface area (TPSA) is 37.3 Å². The molecule has 5 heteroatoms. The highest BCUT2D eigenvalue weighted by molar-refractivity contribution is 5.82. The predicted octanol–water partition coefficient (Wildman–Crippen LogP) is 3.50. The van der Waals surface area contributed by atoms with Crippen LogP contribution in [0.25, 0.3) is 0 Å². The van der Waals surface area contributed by atoms with Crippen LogP contribution in [0.2, 0.25) is 0 Å². The zero-order chi connectivity index (χ0) is 14.0. The molecule has 1 N–H and O–H groups in total. The summed E-state index contributed by atoms with van der Waals surface area (Å²) in [5.41, 5.74) is -0.383. The van der Waals surface area contributed by atoms with Gasteiger partial charge in [-0.25, -0.2) is 0 Å². The third-order valence-electron chi connectivity index (χ3n) is 3.56. The summed E-state index contributed by atoms with van der Waals surface area (Å²) in [6, 6.07) is 4.36. The number of benzene rings is 1. The summed E-state index contributed by atoms with van der Waals surface area (Å²) >= 11 is 0. The van der Waals surface area contributed by atoms with Crippen molar-refractivity contribution >= 4 is 5.78 Å². The Bertz CT molecular complexity index is 451. The third kappa shape index (κ3) is 3.15. The summed E-state index contributed by atoms with van der Waals surface area (Å²) in [5.74, 6) is -0.482. The second-order valence-corrected chi connectivity index (χ2v) is 4.88. The number of aliphatic hydroxyl groups is 1. The van der Waals surface area contributed by atoms with E-state index in [1.165, 1.54) is 12.1 Å². The van der Waals surface area contributed by atoms with Crippen molar-refractivity contribution in [1.29, 1.82) is 0 Å². The Labute approximate surface area is 109 Å². The first-order valence-electron chi connectivity index (χ1n) is 6.27. The summed E-state index contributed by atoms with van der Waals surface area (Å²) in [6.45, 7) is 0. The van der Waals surface area contributed by atoms with Gasteiger partial charge in [0.1, 0.15) is 5.78 Å². The zero-order valence-corrected chi connectivity index (χ0v) is 10.3. The van der Waals surface area contributed by atoms with Crippen LogP contribution in [0, 0.1) is 5.92 Å². The number of aliphatic hydroxyl groups excluding tert-OH is 1. The van der Waals surface area contributed by atoms with Crippen LogP contribution < -0.4 is 0 Å². The highest BCUT2D eigenvalue weighted by Gasteiger charge is 2.32. The van der Waals surface area contributed by atoms with Crippen LogP contribution in [0.4, 0.5) is 13.2 Å². The smallest absolute Gasteiger partial charge is 0.388 e. The van der Waals surface area contributed by atoms with Crippen LogP contribution >= 0.6 is 0 Å². The Hall–Kier alpha value is -1.36. The van der Waals surface area contributed by atoms with Crippen LogP contribution in [0.1, 0.15) is 42.9 Å². The lowest BCUT2D eigenvalue weighted by Gasteiger charge is -2.25. The van der Waals surface area contributed by atoms with Gasteiger partial charge in [-0.1, -0.05) is 18.6 Å². The van der Waals surface area contributed by atoms with Gasteiger partial charge in [-0.3, -0.25) is 4.79 Å². The second-order valence-electron chi connectivity index (χ2n) is 4.88. The van der Waals surface area contributed by atoms with Crippen molar-refractivity contribution < 1.29 is 23.1 Å². The number of hydrogen-bond acceptors (Lipinski definition) is 2. The summed E-state index contributed by atoms with van der Waals surface area (Å²) in [6.07, 6.45) is -2.65. The van der Waals surface area contributed by atoms with E-state index in [9.17, 15) is 23.1 Å². The molecule has 0 heterocycles. The molecule has 0 unspecified atom stereocenters. The Morgan fingerprint density at radius 1 is 1.16 bits per heavy atom. The van der Waals surface area contributed by atoms with Crippen LogP contribution in [-0.4, -0.2) is 10.9 Å². The van der Waals surface area contributed by atoms with Gasteiger partial charge in [-0.2, -0.15) is 13.2 Å². The lowest BCUT2D eigenvalue weighted by Crippen LogP contribution is -2.25. The third-order valence-corrected chi connectivity index (χ3v) is 3.56. The molecule has 0 spiro atoms. The molecule has 0 amide bonds. The van der Waals surface area contributed by atoms with Gasteiger partial charge in [-0.15, -0.1) is 0 Å². The molecule has 0 aliphatic heterocycles. The van der Waals surface area contributed by atoms with Gasteiger partial charge in [0.2, 0.25) is 0 Å². The molecule has 1 aromatic carbocycles. The van der Waals surface area contributed by atoms with E-state index < -0.39 is 23.8 Å². The van der Waals surface area contributed by atoms with E-state index in [1.807, 2.05) is 0 Å². The number of Topliss-reactive ketones (excluding diaryl/α,β-unsaturated/α-hetero) is 1. The van der Waals surface area contributed by atoms with E-state index in [2.05, 4.69) is 0 Å². The number of carbonyl (C=O) groups is 1. The quantitative estimate of drug-likeness (QED) is 0.894. The number of alkyl halides is 3. The normalized spacial score (nSPS) is 22.3. The zero-order valence-electron chi connectivity index (χ0n) is 10.3. The fourth-order valence-electron chi connectivity index (χ4n) is 2.45. The van der Waals surface area contributed by atoms with Crippen molar-refractivity contribution in [3.05, 3.63) is 35.4 Å². The van der Waals surface area contributed by atoms with Gasteiger partial charge in [0.25, 0.3) is 0 Å². The van der Waals surface area contributed by atoms with Gasteiger partial charge in [0.05, 0.1) is 11.7 Å². The number of halogens is 3. The molecule has 1 aliphatic carbocycles. The number of hydrogen-bond donors (Lipinski definition) is 1. The average Bonchev–Trinajstić information content (AvgIpc) is 2.38. The van der Waals surface area contributed by atoms with Gasteiger partial charge < -0.3 is 5.11 Å². The molecule has 2 atom stereocenters. The maximum atomic E-state index is 12.4. The SMILES string of the molecule is O=C1CCCC[C@H]1[C@@H](O)c1ccc(C(F)(F)F)cc1. The van der Waals surface area contributed by atoms with E-state index >= 15 is 0 Å². The van der Waals surface area contributed by atoms with E-state index in [4.69, 9.17) is 0 Å². The maximum Gasteiger partial charge on any atom is 0.416 e. The number of ketones is 1. The first-order chi connectivity index (χ1) is 8.89. The molecular weight excluding hydrogens is 257 g/mol. The standard InChI is InChI=1S/C14H15F3O2/c15-14(16,17)10-7-5-9(6-8-10)13(19)11-3-1-2-4-12(11)18/h5-8,11,13,19H,1-4H2/t11-,13+/m1/s1. The van der Waals surface area contributed by atoms with E-state index in [0.717, 1.165) is 25.0 Å². The lowest BCUT2D eigenvalue weighted by molar-refractivity contribution is -0.137. The highest BCUT2D eigenvalue weighted by Crippen LogP contribution is 2.34. The molecule has 19 heavy (non-hydrogen) atoms. The maximum absolute atomic E-state index is 12.4. The molecule has 2 rings (SSSR count). The minimum absolute atomic E-state index is 0.00125. The molecule has 0 radical (unpaired) electrons. The molecule has 0 bridgehead atoms. The Morgan fingerprint density at radius 3 is 2.32 bits per heavy atom. The van der Waals surface area contributed by atoms with Crippen molar-refractivity contribution in [3.63, 3.8) is 0 Å². The molecule has 1 fully saturated rings. The van der Waals surface area contributed by atoms with Gasteiger partial charge >= 0.3 is 6.18 Å². The summed E-state index contributed by atoms with van der Waals surface area (Å²) in [4.78, 5) is 11.7. The van der Waals surface area contributed by atoms with Crippen LogP contribution in [0.3, 0.4) is 0 Å². The molecule has 1 aliphatic rings. The minimum Gasteiger partial charge on any atom is -0.388 e. The van der Waals surface area contributed by atoms with Crippen molar-refractivity contribution in [2.24, 2.45) is 5.92 Å². The first-order valence-corrected chi connectivity index (χ1v) is 6.27. The molecule has 0 saturated heterocycles. The summed E-state index contributed by atoms with van der Waals surface area (Å²) < 4.78 is 37.3. The Kier molecular flexibility index (Phi) is 3.94. The van der Waals surface area contributed by atoms with E-state index in [-0.39, 0.29) is 5.78 Å². The van der Waals surface area contributed by atoms with Crippen LogP contribution in [0.5, 0.6) is 0 Å². The van der Waals surface area contributed by atoms with Gasteiger partial charge in [-0.05, 0) is 30.5 Å². The van der Waals surface area contributed by atoms with Crippen molar-refractivity contribution in [1.82, 2.24) is 0 Å². The summed E-state index contributed by atoms with van der Waals surface area (Å²) in [5, 5.41) is 10.1. The predicted molar refractivity (Wildman–Crippen MR) is 63.4 cm³/mol. The van der Waals surface area contributed by atoms with Gasteiger partial charge in [0.15, 0.2) is 0 Å². The fraction of sp³-hybridized carbons (Fsp3) is 0.500. The monoisotopic (exact) mass is 272 g/mol. The highest BCUT2D eigenvalue weighted by atomic mass is 19.4. The largest absolute Gasteiger partial charge is 0.416 e. The second kappa shape index (κ2) is 5.33. The molecular formula is C14H15F3O2. The van der Waals surface area contributed by atoms with Crippen molar-refractivity contribution in [3.8, 4) is 0 Å².